The van der Waals surface area contributed by atoms with E-state index in [1.165, 1.54) is 12.1 Å². The highest BCUT2D eigenvalue weighted by Gasteiger charge is 2.46. The van der Waals surface area contributed by atoms with Gasteiger partial charge >= 0.3 is 0 Å². The second kappa shape index (κ2) is 6.43. The van der Waals surface area contributed by atoms with Crippen LogP contribution in [-0.4, -0.2) is 42.4 Å². The highest BCUT2D eigenvalue weighted by atomic mass is 19.1. The third-order valence-electron chi connectivity index (χ3n) is 4.94. The molecule has 5 heteroatoms. The average molecular weight is 318 g/mol. The molecule has 0 aliphatic carbocycles. The van der Waals surface area contributed by atoms with E-state index in [0.717, 1.165) is 35.2 Å². The van der Waals surface area contributed by atoms with Crippen molar-refractivity contribution in [3.63, 3.8) is 0 Å². The topological polar surface area (TPSA) is 44.7 Å². The van der Waals surface area contributed by atoms with Crippen molar-refractivity contribution in [1.82, 2.24) is 10.4 Å². The molecule has 2 aliphatic rings. The van der Waals surface area contributed by atoms with Crippen LogP contribution >= 0.6 is 0 Å². The van der Waals surface area contributed by atoms with E-state index in [2.05, 4.69) is 10.4 Å². The molecule has 124 valence electrons. The van der Waals surface area contributed by atoms with Crippen LogP contribution in [0, 0.1) is 5.82 Å². The smallest absolute Gasteiger partial charge is 0.123 e. The standard InChI is InChI=1S/C18H23FN2O2/c1-4-15(20-23-3)17-14(11-5-7-12(19)8-6-11)9-13-10-16(22)18(17)21(13)2/h4-8,13,16,18,20,22H,9-10H2,1-3H3/t13?,16?,18-/m1/s1. The minimum atomic E-state index is -0.411. The van der Waals surface area contributed by atoms with E-state index in [0.29, 0.717) is 6.04 Å². The fraction of sp³-hybridized carbons (Fsp3) is 0.444. The van der Waals surface area contributed by atoms with Crippen LogP contribution < -0.4 is 5.48 Å². The maximum Gasteiger partial charge on any atom is 0.123 e. The number of rotatable bonds is 4. The predicted octanol–water partition coefficient (Wildman–Crippen LogP) is 2.47. The summed E-state index contributed by atoms with van der Waals surface area (Å²) in [5, 5.41) is 10.5. The highest BCUT2D eigenvalue weighted by Crippen LogP contribution is 2.44. The predicted molar refractivity (Wildman–Crippen MR) is 87.8 cm³/mol. The number of benzene rings is 1. The Morgan fingerprint density at radius 3 is 2.70 bits per heavy atom. The first-order valence-electron chi connectivity index (χ1n) is 7.91. The number of likely N-dealkylation sites (N-methyl/N-ethyl adjacent to an activating group) is 1. The molecule has 4 nitrogen and oxygen atoms in total. The summed E-state index contributed by atoms with van der Waals surface area (Å²) < 4.78 is 13.3. The minimum absolute atomic E-state index is 0.0809. The fourth-order valence-corrected chi connectivity index (χ4v) is 3.85. The van der Waals surface area contributed by atoms with Gasteiger partial charge in [-0.2, -0.15) is 0 Å². The van der Waals surface area contributed by atoms with Gasteiger partial charge < -0.3 is 5.11 Å². The van der Waals surface area contributed by atoms with Gasteiger partial charge in [-0.3, -0.25) is 15.2 Å². The molecule has 2 N–H and O–H groups in total. The number of nitrogens with one attached hydrogen (secondary N) is 1. The van der Waals surface area contributed by atoms with Crippen LogP contribution in [0.4, 0.5) is 4.39 Å². The molecule has 2 bridgehead atoms. The summed E-state index contributed by atoms with van der Waals surface area (Å²) in [6, 6.07) is 6.80. The van der Waals surface area contributed by atoms with Gasteiger partial charge in [0.15, 0.2) is 0 Å². The van der Waals surface area contributed by atoms with Crippen molar-refractivity contribution in [2.75, 3.05) is 14.2 Å². The van der Waals surface area contributed by atoms with Gasteiger partial charge in [-0.05, 0) is 50.1 Å². The van der Waals surface area contributed by atoms with Gasteiger partial charge in [0.1, 0.15) is 5.82 Å². The number of aliphatic hydroxyl groups is 1. The Kier molecular flexibility index (Phi) is 4.53. The van der Waals surface area contributed by atoms with Gasteiger partial charge in [-0.25, -0.2) is 4.39 Å². The van der Waals surface area contributed by atoms with E-state index < -0.39 is 6.10 Å². The molecule has 3 atom stereocenters. The lowest BCUT2D eigenvalue weighted by molar-refractivity contribution is 0.109. The summed E-state index contributed by atoms with van der Waals surface area (Å²) in [6.45, 7) is 1.93. The van der Waals surface area contributed by atoms with Gasteiger partial charge in [0.05, 0.1) is 25.0 Å². The molecule has 1 aromatic rings. The van der Waals surface area contributed by atoms with E-state index in [-0.39, 0.29) is 11.9 Å². The number of allylic oxidation sites excluding steroid dienone is 1. The third-order valence-corrected chi connectivity index (χ3v) is 4.94. The van der Waals surface area contributed by atoms with E-state index in [9.17, 15) is 9.50 Å². The number of halogens is 1. The molecule has 0 aromatic heterocycles. The lowest BCUT2D eigenvalue weighted by Crippen LogP contribution is -2.42. The summed E-state index contributed by atoms with van der Waals surface area (Å²) in [5.74, 6) is -0.242. The molecule has 0 saturated carbocycles. The monoisotopic (exact) mass is 318 g/mol. The second-order valence-corrected chi connectivity index (χ2v) is 6.18. The van der Waals surface area contributed by atoms with Crippen LogP contribution in [0.1, 0.15) is 25.3 Å². The molecule has 1 aromatic carbocycles. The SMILES string of the molecule is CC=C(NOC)C1=C(c2ccc(F)cc2)CC2CC(O)[C@H]1N2C. The van der Waals surface area contributed by atoms with Gasteiger partial charge in [-0.15, -0.1) is 0 Å². The average Bonchev–Trinajstić information content (AvgIpc) is 2.72. The second-order valence-electron chi connectivity index (χ2n) is 6.18. The van der Waals surface area contributed by atoms with Crippen molar-refractivity contribution in [1.29, 1.82) is 0 Å². The summed E-state index contributed by atoms with van der Waals surface area (Å²) in [4.78, 5) is 7.35. The summed E-state index contributed by atoms with van der Waals surface area (Å²) in [5.41, 5.74) is 6.95. The van der Waals surface area contributed by atoms with Crippen molar-refractivity contribution >= 4 is 5.57 Å². The van der Waals surface area contributed by atoms with Crippen LogP contribution in [0.5, 0.6) is 0 Å². The van der Waals surface area contributed by atoms with Crippen LogP contribution in [0.15, 0.2) is 41.6 Å². The Labute approximate surface area is 136 Å². The Balaban J connectivity index is 2.14. The highest BCUT2D eigenvalue weighted by molar-refractivity contribution is 5.75. The van der Waals surface area contributed by atoms with E-state index in [1.807, 2.05) is 32.2 Å². The zero-order valence-corrected chi connectivity index (χ0v) is 13.7. The lowest BCUT2D eigenvalue weighted by Gasteiger charge is -2.36. The Hall–Kier alpha value is -1.69. The normalized spacial score (nSPS) is 28.4. The van der Waals surface area contributed by atoms with Crippen molar-refractivity contribution in [3.05, 3.63) is 53.0 Å². The Bertz CT molecular complexity index is 639. The number of aliphatic hydroxyl groups excluding tert-OH is 1. The van der Waals surface area contributed by atoms with Gasteiger partial charge in [0.25, 0.3) is 0 Å². The first kappa shape index (κ1) is 16.2. The maximum absolute atomic E-state index is 13.3. The molecule has 2 heterocycles. The molecule has 3 rings (SSSR count). The van der Waals surface area contributed by atoms with E-state index in [1.54, 1.807) is 7.11 Å². The number of hydrogen-bond acceptors (Lipinski definition) is 4. The quantitative estimate of drug-likeness (QED) is 0.837. The minimum Gasteiger partial charge on any atom is -0.391 e. The van der Waals surface area contributed by atoms with Crippen LogP contribution in [0.2, 0.25) is 0 Å². The van der Waals surface area contributed by atoms with Crippen molar-refractivity contribution in [2.45, 2.75) is 38.0 Å². The molecular weight excluding hydrogens is 295 g/mol. The number of hydrogen-bond donors (Lipinski definition) is 2. The molecule has 1 saturated heterocycles. The third kappa shape index (κ3) is 2.80. The molecule has 2 aliphatic heterocycles. The van der Waals surface area contributed by atoms with Crippen molar-refractivity contribution in [3.8, 4) is 0 Å². The zero-order chi connectivity index (χ0) is 16.6. The number of nitrogens with zero attached hydrogens (tertiary/aromatic N) is 1. The summed E-state index contributed by atoms with van der Waals surface area (Å²) in [6.07, 6.45) is 3.11. The maximum atomic E-state index is 13.3. The molecular formula is C18H23FN2O2. The van der Waals surface area contributed by atoms with Crippen LogP contribution in [-0.2, 0) is 4.84 Å². The van der Waals surface area contributed by atoms with E-state index >= 15 is 0 Å². The molecule has 0 radical (unpaired) electrons. The molecule has 23 heavy (non-hydrogen) atoms. The Morgan fingerprint density at radius 2 is 2.09 bits per heavy atom. The molecule has 0 spiro atoms. The number of fused-ring (bicyclic) bond motifs is 2. The van der Waals surface area contributed by atoms with Crippen LogP contribution in [0.25, 0.3) is 5.57 Å². The summed E-state index contributed by atoms with van der Waals surface area (Å²) >= 11 is 0. The summed E-state index contributed by atoms with van der Waals surface area (Å²) in [7, 11) is 3.62. The van der Waals surface area contributed by atoms with E-state index in [4.69, 9.17) is 4.84 Å². The lowest BCUT2D eigenvalue weighted by atomic mass is 9.86. The molecule has 1 fully saturated rings. The fourth-order valence-electron chi connectivity index (χ4n) is 3.85. The van der Waals surface area contributed by atoms with Crippen LogP contribution in [0.3, 0.4) is 0 Å². The van der Waals surface area contributed by atoms with Crippen molar-refractivity contribution < 1.29 is 14.3 Å². The molecule has 0 amide bonds. The first-order valence-corrected chi connectivity index (χ1v) is 7.91. The first-order chi connectivity index (χ1) is 11.1. The van der Waals surface area contributed by atoms with Gasteiger partial charge in [0.2, 0.25) is 0 Å². The number of hydroxylamine groups is 1. The van der Waals surface area contributed by atoms with Gasteiger partial charge in [-0.1, -0.05) is 18.2 Å². The Morgan fingerprint density at radius 1 is 1.39 bits per heavy atom. The molecule has 2 unspecified atom stereocenters. The van der Waals surface area contributed by atoms with Crippen molar-refractivity contribution in [2.24, 2.45) is 0 Å². The largest absolute Gasteiger partial charge is 0.391 e. The van der Waals surface area contributed by atoms with Gasteiger partial charge in [0, 0.05) is 11.6 Å². The zero-order valence-electron chi connectivity index (χ0n) is 13.7.